The van der Waals surface area contributed by atoms with E-state index in [1.807, 2.05) is 13.8 Å². The number of hydrogen-bond acceptors (Lipinski definition) is 4. The normalized spacial score (nSPS) is 12.3. The molecule has 1 aromatic carbocycles. The molecule has 0 saturated heterocycles. The molecule has 3 aromatic rings. The highest BCUT2D eigenvalue weighted by Gasteiger charge is 2.32. The Morgan fingerprint density at radius 1 is 1.15 bits per heavy atom. The van der Waals surface area contributed by atoms with Crippen molar-refractivity contribution < 1.29 is 23.8 Å². The van der Waals surface area contributed by atoms with Crippen molar-refractivity contribution >= 4 is 27.9 Å². The average molecular weight is 274 g/mol. The van der Waals surface area contributed by atoms with Crippen LogP contribution >= 0.6 is 0 Å². The largest absolute Gasteiger partial charge is 0.504 e. The molecule has 0 fully saturated rings. The van der Waals surface area contributed by atoms with Crippen molar-refractivity contribution in [3.05, 3.63) is 30.2 Å². The lowest BCUT2D eigenvalue weighted by Crippen LogP contribution is -2.22. The Hall–Kier alpha value is -2.43. The van der Waals surface area contributed by atoms with Gasteiger partial charge in [-0.25, -0.2) is 0 Å². The van der Waals surface area contributed by atoms with E-state index in [1.54, 1.807) is 12.1 Å². The Labute approximate surface area is 114 Å². The first-order chi connectivity index (χ1) is 9.42. The van der Waals surface area contributed by atoms with Gasteiger partial charge in [0.15, 0.2) is 11.3 Å². The summed E-state index contributed by atoms with van der Waals surface area (Å²) in [5.41, 5.74) is 0.939. The number of furan rings is 2. The van der Waals surface area contributed by atoms with Crippen LogP contribution in [0.2, 0.25) is 0 Å². The van der Waals surface area contributed by atoms with Crippen molar-refractivity contribution in [1.82, 2.24) is 0 Å². The molecule has 5 heteroatoms. The summed E-state index contributed by atoms with van der Waals surface area (Å²) in [5, 5.41) is 20.5. The van der Waals surface area contributed by atoms with Crippen LogP contribution in [0.15, 0.2) is 33.5 Å². The summed E-state index contributed by atoms with van der Waals surface area (Å²) in [6.45, 7) is 3.67. The number of carbonyl (C=O) groups is 1. The summed E-state index contributed by atoms with van der Waals surface area (Å²) in [6, 6.07) is 3.36. The van der Waals surface area contributed by atoms with Crippen LogP contribution in [0.4, 0.5) is 0 Å². The lowest BCUT2D eigenvalue weighted by atomic mass is 9.79. The summed E-state index contributed by atoms with van der Waals surface area (Å²) < 4.78 is 10.8. The van der Waals surface area contributed by atoms with Gasteiger partial charge in [-0.1, -0.05) is 13.8 Å². The lowest BCUT2D eigenvalue weighted by Gasteiger charge is -2.24. The third kappa shape index (κ3) is 1.66. The fraction of sp³-hybridized carbons (Fsp3) is 0.267. The summed E-state index contributed by atoms with van der Waals surface area (Å²) in [7, 11) is 0. The zero-order valence-electron chi connectivity index (χ0n) is 11.1. The minimum absolute atomic E-state index is 0.0172. The van der Waals surface area contributed by atoms with Gasteiger partial charge in [0.1, 0.15) is 5.58 Å². The molecule has 0 aliphatic carbocycles. The van der Waals surface area contributed by atoms with Gasteiger partial charge in [-0.3, -0.25) is 4.79 Å². The smallest absolute Gasteiger partial charge is 0.304 e. The second-order valence-electron chi connectivity index (χ2n) is 5.50. The average Bonchev–Trinajstić information content (AvgIpc) is 2.94. The molecule has 0 aliphatic rings. The van der Waals surface area contributed by atoms with Crippen molar-refractivity contribution in [2.45, 2.75) is 25.7 Å². The molecule has 0 unspecified atom stereocenters. The first kappa shape index (κ1) is 12.6. The van der Waals surface area contributed by atoms with Crippen LogP contribution in [0, 0.1) is 0 Å². The molecule has 0 aliphatic heterocycles. The Bertz CT molecular complexity index is 755. The Morgan fingerprint density at radius 2 is 1.75 bits per heavy atom. The maximum absolute atomic E-state index is 11.1. The second-order valence-corrected chi connectivity index (χ2v) is 5.50. The Balaban J connectivity index is 2.42. The molecule has 0 bridgehead atoms. The molecule has 2 aromatic heterocycles. The van der Waals surface area contributed by atoms with E-state index in [0.29, 0.717) is 21.9 Å². The minimum atomic E-state index is -0.889. The molecule has 0 spiro atoms. The molecule has 20 heavy (non-hydrogen) atoms. The number of carboxylic acid groups (broad SMARTS) is 1. The van der Waals surface area contributed by atoms with Gasteiger partial charge in [-0.2, -0.15) is 0 Å². The molecule has 0 amide bonds. The quantitative estimate of drug-likeness (QED) is 0.761. The van der Waals surface area contributed by atoms with Gasteiger partial charge >= 0.3 is 5.97 Å². The zero-order chi connectivity index (χ0) is 14.5. The van der Waals surface area contributed by atoms with E-state index in [-0.39, 0.29) is 12.2 Å². The molecule has 104 valence electrons. The van der Waals surface area contributed by atoms with Gasteiger partial charge in [0.05, 0.1) is 24.3 Å². The third-order valence-corrected chi connectivity index (χ3v) is 3.57. The van der Waals surface area contributed by atoms with Crippen LogP contribution in [0.1, 0.15) is 25.8 Å². The molecule has 3 rings (SSSR count). The van der Waals surface area contributed by atoms with E-state index < -0.39 is 11.4 Å². The Morgan fingerprint density at radius 3 is 2.40 bits per heavy atom. The third-order valence-electron chi connectivity index (χ3n) is 3.57. The van der Waals surface area contributed by atoms with E-state index in [2.05, 4.69) is 0 Å². The highest BCUT2D eigenvalue weighted by Crippen LogP contribution is 2.44. The number of hydrogen-bond donors (Lipinski definition) is 2. The van der Waals surface area contributed by atoms with Gasteiger partial charge in [-0.15, -0.1) is 0 Å². The highest BCUT2D eigenvalue weighted by atomic mass is 16.4. The van der Waals surface area contributed by atoms with Crippen LogP contribution in [0.25, 0.3) is 21.9 Å². The number of carboxylic acids is 1. The van der Waals surface area contributed by atoms with Gasteiger partial charge < -0.3 is 19.0 Å². The van der Waals surface area contributed by atoms with Gasteiger partial charge in [0, 0.05) is 16.4 Å². The van der Waals surface area contributed by atoms with E-state index in [1.165, 1.54) is 12.5 Å². The lowest BCUT2D eigenvalue weighted by molar-refractivity contribution is -0.138. The van der Waals surface area contributed by atoms with Crippen molar-refractivity contribution in [3.8, 4) is 5.75 Å². The fourth-order valence-corrected chi connectivity index (χ4v) is 2.76. The molecule has 2 heterocycles. The molecule has 5 nitrogen and oxygen atoms in total. The highest BCUT2D eigenvalue weighted by molar-refractivity contribution is 6.04. The van der Waals surface area contributed by atoms with E-state index in [9.17, 15) is 9.90 Å². The van der Waals surface area contributed by atoms with Crippen LogP contribution < -0.4 is 0 Å². The standard InChI is InChI=1S/C15H14O5/c1-15(2,7-10(16)17)11-8-3-5-20-14(8)12(18)9-4-6-19-13(9)11/h3-6,18H,7H2,1-2H3,(H,16,17). The monoisotopic (exact) mass is 274 g/mol. The van der Waals surface area contributed by atoms with Crippen molar-refractivity contribution in [1.29, 1.82) is 0 Å². The predicted octanol–water partition coefficient (Wildman–Crippen LogP) is 3.64. The number of fused-ring (bicyclic) bond motifs is 2. The number of aromatic hydroxyl groups is 1. The summed E-state index contributed by atoms with van der Waals surface area (Å²) in [6.07, 6.45) is 2.90. The van der Waals surface area contributed by atoms with Crippen LogP contribution in [-0.4, -0.2) is 16.2 Å². The topological polar surface area (TPSA) is 83.8 Å². The number of aliphatic carboxylic acids is 1. The molecule has 0 radical (unpaired) electrons. The molecule has 0 atom stereocenters. The SMILES string of the molecule is CC(C)(CC(=O)O)c1c2ccoc2c(O)c2ccoc12. The van der Waals surface area contributed by atoms with Crippen LogP contribution in [0.3, 0.4) is 0 Å². The molecular weight excluding hydrogens is 260 g/mol. The predicted molar refractivity (Wildman–Crippen MR) is 72.9 cm³/mol. The number of phenolic OH excluding ortho intramolecular Hbond substituents is 1. The van der Waals surface area contributed by atoms with Crippen molar-refractivity contribution in [2.75, 3.05) is 0 Å². The number of benzene rings is 1. The fourth-order valence-electron chi connectivity index (χ4n) is 2.76. The molecule has 0 saturated carbocycles. The maximum Gasteiger partial charge on any atom is 0.304 e. The van der Waals surface area contributed by atoms with Crippen LogP contribution in [-0.2, 0) is 10.2 Å². The van der Waals surface area contributed by atoms with E-state index in [4.69, 9.17) is 13.9 Å². The second kappa shape index (κ2) is 4.03. The van der Waals surface area contributed by atoms with Gasteiger partial charge in [0.2, 0.25) is 0 Å². The minimum Gasteiger partial charge on any atom is -0.504 e. The molecular formula is C15H14O5. The molecule has 2 N–H and O–H groups in total. The van der Waals surface area contributed by atoms with E-state index >= 15 is 0 Å². The maximum atomic E-state index is 11.1. The Kier molecular flexibility index (Phi) is 2.54. The summed E-state index contributed by atoms with van der Waals surface area (Å²) >= 11 is 0. The number of rotatable bonds is 3. The first-order valence-electron chi connectivity index (χ1n) is 6.23. The summed E-state index contributed by atoms with van der Waals surface area (Å²) in [5.74, 6) is -0.872. The van der Waals surface area contributed by atoms with Gasteiger partial charge in [0.25, 0.3) is 0 Å². The van der Waals surface area contributed by atoms with Crippen molar-refractivity contribution in [3.63, 3.8) is 0 Å². The summed E-state index contributed by atoms with van der Waals surface area (Å²) in [4.78, 5) is 11.1. The first-order valence-corrected chi connectivity index (χ1v) is 6.23. The number of phenols is 1. The van der Waals surface area contributed by atoms with Crippen LogP contribution in [0.5, 0.6) is 5.75 Å². The van der Waals surface area contributed by atoms with Crippen molar-refractivity contribution in [2.24, 2.45) is 0 Å². The van der Waals surface area contributed by atoms with Gasteiger partial charge in [-0.05, 0) is 12.1 Å². The zero-order valence-corrected chi connectivity index (χ0v) is 11.1. The van der Waals surface area contributed by atoms with E-state index in [0.717, 1.165) is 5.56 Å².